The molecule has 0 aliphatic carbocycles. The van der Waals surface area contributed by atoms with Crippen LogP contribution in [0, 0.1) is 13.8 Å². The van der Waals surface area contributed by atoms with Crippen molar-refractivity contribution >= 4 is 17.5 Å². The van der Waals surface area contributed by atoms with Gasteiger partial charge in [-0.3, -0.25) is 9.48 Å². The average Bonchev–Trinajstić information content (AvgIpc) is 3.11. The smallest absolute Gasteiger partial charge is 0.276 e. The maximum Gasteiger partial charge on any atom is 0.276 e. The van der Waals surface area contributed by atoms with Gasteiger partial charge in [0.1, 0.15) is 10.9 Å². The van der Waals surface area contributed by atoms with E-state index in [1.807, 2.05) is 11.8 Å². The summed E-state index contributed by atoms with van der Waals surface area (Å²) in [5.74, 6) is 0.512. The Labute approximate surface area is 127 Å². The fourth-order valence-corrected chi connectivity index (χ4v) is 3.25. The van der Waals surface area contributed by atoms with Gasteiger partial charge in [0.05, 0.1) is 11.7 Å². The Balaban J connectivity index is 1.94. The first kappa shape index (κ1) is 14.1. The lowest BCUT2D eigenvalue weighted by molar-refractivity contribution is 0.0725. The number of halogens is 1. The molecular weight excluding hydrogens is 292 g/mol. The van der Waals surface area contributed by atoms with Gasteiger partial charge in [0.2, 0.25) is 0 Å². The molecular formula is C14H17ClN4O2. The average molecular weight is 309 g/mol. The molecule has 0 saturated carbocycles. The summed E-state index contributed by atoms with van der Waals surface area (Å²) in [5.41, 5.74) is 2.14. The van der Waals surface area contributed by atoms with E-state index < -0.39 is 0 Å². The van der Waals surface area contributed by atoms with Crippen molar-refractivity contribution in [3.05, 3.63) is 33.9 Å². The number of likely N-dealkylation sites (tertiary alicyclic amines) is 1. The topological polar surface area (TPSA) is 64.2 Å². The Morgan fingerprint density at radius 2 is 2.24 bits per heavy atom. The molecule has 7 heteroatoms. The molecule has 1 amide bonds. The number of amides is 1. The third-order valence-corrected chi connectivity index (χ3v) is 4.34. The second kappa shape index (κ2) is 5.18. The third kappa shape index (κ3) is 2.33. The summed E-state index contributed by atoms with van der Waals surface area (Å²) in [6, 6.07) is 1.62. The minimum absolute atomic E-state index is 0.0456. The van der Waals surface area contributed by atoms with E-state index in [1.54, 1.807) is 24.7 Å². The van der Waals surface area contributed by atoms with Crippen molar-refractivity contribution in [2.45, 2.75) is 32.7 Å². The maximum absolute atomic E-state index is 12.6. The molecule has 0 aromatic carbocycles. The van der Waals surface area contributed by atoms with Crippen molar-refractivity contribution in [3.63, 3.8) is 0 Å². The minimum atomic E-state index is -0.117. The molecule has 0 spiro atoms. The van der Waals surface area contributed by atoms with E-state index in [0.29, 0.717) is 23.2 Å². The Bertz CT molecular complexity index is 691. The van der Waals surface area contributed by atoms with Crippen LogP contribution >= 0.6 is 11.6 Å². The Hall–Kier alpha value is -1.82. The molecule has 1 aliphatic rings. The second-order valence-electron chi connectivity index (χ2n) is 5.39. The lowest BCUT2D eigenvalue weighted by Crippen LogP contribution is -2.31. The van der Waals surface area contributed by atoms with E-state index >= 15 is 0 Å². The molecule has 0 bridgehead atoms. The molecule has 6 nitrogen and oxygen atoms in total. The summed E-state index contributed by atoms with van der Waals surface area (Å²) in [6.45, 7) is 4.38. The van der Waals surface area contributed by atoms with Crippen LogP contribution < -0.4 is 0 Å². The summed E-state index contributed by atoms with van der Waals surface area (Å²) in [4.78, 5) is 14.4. The first-order valence-corrected chi connectivity index (χ1v) is 7.30. The van der Waals surface area contributed by atoms with Crippen LogP contribution in [0.1, 0.15) is 46.4 Å². The van der Waals surface area contributed by atoms with E-state index in [4.69, 9.17) is 16.1 Å². The summed E-state index contributed by atoms with van der Waals surface area (Å²) < 4.78 is 6.64. The van der Waals surface area contributed by atoms with Crippen LogP contribution in [0.25, 0.3) is 0 Å². The first-order chi connectivity index (χ1) is 9.99. The van der Waals surface area contributed by atoms with Gasteiger partial charge in [-0.1, -0.05) is 16.8 Å². The number of aromatic nitrogens is 3. The van der Waals surface area contributed by atoms with E-state index in [0.717, 1.165) is 24.1 Å². The molecule has 0 N–H and O–H groups in total. The van der Waals surface area contributed by atoms with Gasteiger partial charge in [-0.15, -0.1) is 0 Å². The fraction of sp³-hybridized carbons (Fsp3) is 0.500. The van der Waals surface area contributed by atoms with Gasteiger partial charge in [-0.25, -0.2) is 0 Å². The molecule has 2 aromatic rings. The Morgan fingerprint density at radius 1 is 1.48 bits per heavy atom. The van der Waals surface area contributed by atoms with Crippen LogP contribution in [-0.2, 0) is 7.05 Å². The highest BCUT2D eigenvalue weighted by atomic mass is 35.5. The summed E-state index contributed by atoms with van der Waals surface area (Å²) in [5, 5.41) is 8.75. The van der Waals surface area contributed by atoms with Crippen LogP contribution in [0.15, 0.2) is 10.6 Å². The van der Waals surface area contributed by atoms with Gasteiger partial charge in [0.25, 0.3) is 5.91 Å². The number of nitrogens with zero attached hydrogens (tertiary/aromatic N) is 4. The lowest BCUT2D eigenvalue weighted by atomic mass is 10.1. The van der Waals surface area contributed by atoms with Crippen LogP contribution in [0.2, 0.25) is 5.15 Å². The third-order valence-electron chi connectivity index (χ3n) is 3.89. The molecule has 1 fully saturated rings. The van der Waals surface area contributed by atoms with Gasteiger partial charge in [0.15, 0.2) is 5.69 Å². The van der Waals surface area contributed by atoms with Crippen LogP contribution in [0.3, 0.4) is 0 Å². The number of hydrogen-bond acceptors (Lipinski definition) is 4. The number of carbonyl (C=O) groups is 1. The molecule has 21 heavy (non-hydrogen) atoms. The molecule has 3 rings (SSSR count). The number of carbonyl (C=O) groups excluding carboxylic acids is 1. The number of aryl methyl sites for hydroxylation is 3. The van der Waals surface area contributed by atoms with Crippen LogP contribution in [0.4, 0.5) is 0 Å². The SMILES string of the molecule is Cc1cc(C(=O)N2CCCC2c2c(C)nn(C)c2Cl)no1. The first-order valence-electron chi connectivity index (χ1n) is 6.92. The number of hydrogen-bond donors (Lipinski definition) is 0. The zero-order chi connectivity index (χ0) is 15.1. The largest absolute Gasteiger partial charge is 0.361 e. The van der Waals surface area contributed by atoms with Crippen molar-refractivity contribution in [2.24, 2.45) is 7.05 Å². The van der Waals surface area contributed by atoms with Crippen LogP contribution in [-0.4, -0.2) is 32.3 Å². The monoisotopic (exact) mass is 308 g/mol. The van der Waals surface area contributed by atoms with Gasteiger partial charge >= 0.3 is 0 Å². The molecule has 0 radical (unpaired) electrons. The van der Waals surface area contributed by atoms with E-state index in [2.05, 4.69) is 10.3 Å². The molecule has 3 heterocycles. The predicted octanol–water partition coefficient (Wildman–Crippen LogP) is 2.66. The second-order valence-corrected chi connectivity index (χ2v) is 5.75. The quantitative estimate of drug-likeness (QED) is 0.855. The molecule has 1 atom stereocenters. The predicted molar refractivity (Wildman–Crippen MR) is 77.2 cm³/mol. The van der Waals surface area contributed by atoms with Crippen molar-refractivity contribution in [1.82, 2.24) is 19.8 Å². The normalized spacial score (nSPS) is 18.5. The number of rotatable bonds is 2. The van der Waals surface area contributed by atoms with E-state index in [1.165, 1.54) is 0 Å². The van der Waals surface area contributed by atoms with E-state index in [-0.39, 0.29) is 11.9 Å². The summed E-state index contributed by atoms with van der Waals surface area (Å²) in [6.07, 6.45) is 1.83. The van der Waals surface area contributed by atoms with Crippen molar-refractivity contribution < 1.29 is 9.32 Å². The lowest BCUT2D eigenvalue weighted by Gasteiger charge is -2.24. The summed E-state index contributed by atoms with van der Waals surface area (Å²) in [7, 11) is 1.81. The highest BCUT2D eigenvalue weighted by Crippen LogP contribution is 2.38. The minimum Gasteiger partial charge on any atom is -0.361 e. The maximum atomic E-state index is 12.6. The van der Waals surface area contributed by atoms with Gasteiger partial charge in [-0.2, -0.15) is 5.10 Å². The highest BCUT2D eigenvalue weighted by Gasteiger charge is 2.35. The van der Waals surface area contributed by atoms with Crippen LogP contribution in [0.5, 0.6) is 0 Å². The summed E-state index contributed by atoms with van der Waals surface area (Å²) >= 11 is 6.34. The molecule has 1 aliphatic heterocycles. The van der Waals surface area contributed by atoms with E-state index in [9.17, 15) is 4.79 Å². The van der Waals surface area contributed by atoms with Gasteiger partial charge in [0, 0.05) is 25.2 Å². The van der Waals surface area contributed by atoms with Crippen molar-refractivity contribution in [2.75, 3.05) is 6.54 Å². The molecule has 1 unspecified atom stereocenters. The zero-order valence-electron chi connectivity index (χ0n) is 12.3. The molecule has 112 valence electrons. The van der Waals surface area contributed by atoms with Crippen molar-refractivity contribution in [1.29, 1.82) is 0 Å². The highest BCUT2D eigenvalue weighted by molar-refractivity contribution is 6.30. The Morgan fingerprint density at radius 3 is 2.81 bits per heavy atom. The van der Waals surface area contributed by atoms with Gasteiger partial charge < -0.3 is 9.42 Å². The molecule has 1 saturated heterocycles. The van der Waals surface area contributed by atoms with Gasteiger partial charge in [-0.05, 0) is 26.7 Å². The van der Waals surface area contributed by atoms with Crippen molar-refractivity contribution in [3.8, 4) is 0 Å². The Kier molecular flexibility index (Phi) is 3.49. The molecule has 2 aromatic heterocycles. The standard InChI is InChI=1S/C14H17ClN4O2/c1-8-7-10(17-21-8)14(20)19-6-4-5-11(19)12-9(2)16-18(3)13(12)15/h7,11H,4-6H2,1-3H3. The zero-order valence-corrected chi connectivity index (χ0v) is 13.0. The fourth-order valence-electron chi connectivity index (χ4n) is 2.95.